The number of rotatable bonds is 3. The summed E-state index contributed by atoms with van der Waals surface area (Å²) in [6.45, 7) is 2.22. The minimum absolute atomic E-state index is 0.0945. The van der Waals surface area contributed by atoms with Gasteiger partial charge in [-0.2, -0.15) is 13.2 Å². The lowest BCUT2D eigenvalue weighted by Crippen LogP contribution is -2.28. The summed E-state index contributed by atoms with van der Waals surface area (Å²) in [5.41, 5.74) is 1.27. The molecule has 0 aliphatic heterocycles. The van der Waals surface area contributed by atoms with Crippen molar-refractivity contribution < 1.29 is 18.0 Å². The van der Waals surface area contributed by atoms with E-state index in [4.69, 9.17) is 0 Å². The fourth-order valence-electron chi connectivity index (χ4n) is 1.93. The van der Waals surface area contributed by atoms with E-state index in [2.05, 4.69) is 10.6 Å². The van der Waals surface area contributed by atoms with Crippen molar-refractivity contribution in [3.8, 4) is 0 Å². The third kappa shape index (κ3) is 4.25. The minimum atomic E-state index is -4.44. The number of aryl methyl sites for hydroxylation is 1. The summed E-state index contributed by atoms with van der Waals surface area (Å²) >= 11 is 0. The molecule has 116 valence electrons. The van der Waals surface area contributed by atoms with Gasteiger partial charge in [-0.25, -0.2) is 4.79 Å². The van der Waals surface area contributed by atoms with E-state index in [9.17, 15) is 18.0 Å². The molecule has 0 aliphatic carbocycles. The van der Waals surface area contributed by atoms with E-state index in [-0.39, 0.29) is 5.69 Å². The van der Waals surface area contributed by atoms with E-state index in [0.717, 1.165) is 23.3 Å². The number of benzene rings is 2. The molecule has 2 rings (SSSR count). The Morgan fingerprint density at radius 3 is 2.50 bits per heavy atom. The molecule has 0 aliphatic rings. The van der Waals surface area contributed by atoms with Crippen molar-refractivity contribution >= 4 is 11.7 Å². The van der Waals surface area contributed by atoms with Crippen molar-refractivity contribution in [1.29, 1.82) is 0 Å². The van der Waals surface area contributed by atoms with Gasteiger partial charge in [0.1, 0.15) is 0 Å². The molecule has 0 heterocycles. The summed E-state index contributed by atoms with van der Waals surface area (Å²) < 4.78 is 37.8. The summed E-state index contributed by atoms with van der Waals surface area (Å²) in [7, 11) is 0. The summed E-state index contributed by atoms with van der Waals surface area (Å²) in [5, 5.41) is 5.01. The van der Waals surface area contributed by atoms with Crippen LogP contribution in [0.15, 0.2) is 48.5 Å². The highest BCUT2D eigenvalue weighted by Crippen LogP contribution is 2.30. The third-order valence-corrected chi connectivity index (χ3v) is 3.15. The van der Waals surface area contributed by atoms with E-state index >= 15 is 0 Å². The molecule has 2 N–H and O–H groups in total. The predicted molar refractivity (Wildman–Crippen MR) is 78.5 cm³/mol. The fourth-order valence-corrected chi connectivity index (χ4v) is 1.93. The number of carbonyl (C=O) groups is 1. The second kappa shape index (κ2) is 6.51. The van der Waals surface area contributed by atoms with E-state index < -0.39 is 17.8 Å². The number of anilines is 1. The number of urea groups is 1. The third-order valence-electron chi connectivity index (χ3n) is 3.15. The van der Waals surface area contributed by atoms with Crippen LogP contribution in [0.3, 0.4) is 0 Å². The van der Waals surface area contributed by atoms with Crippen molar-refractivity contribution in [3.05, 3.63) is 65.2 Å². The molecule has 2 amide bonds. The summed E-state index contributed by atoms with van der Waals surface area (Å²) in [6, 6.07) is 11.5. The average Bonchev–Trinajstić information content (AvgIpc) is 2.46. The molecule has 0 unspecified atom stereocenters. The molecule has 22 heavy (non-hydrogen) atoms. The Balaban J connectivity index is 1.97. The van der Waals surface area contributed by atoms with Gasteiger partial charge in [-0.3, -0.25) is 0 Å². The van der Waals surface area contributed by atoms with Gasteiger partial charge in [0.05, 0.1) is 5.56 Å². The highest BCUT2D eigenvalue weighted by Gasteiger charge is 2.30. The lowest BCUT2D eigenvalue weighted by Gasteiger charge is -2.11. The number of halogens is 3. The van der Waals surface area contributed by atoms with E-state index in [1.54, 1.807) is 0 Å². The SMILES string of the molecule is Cc1ccccc1CNC(=O)Nc1cccc(C(F)(F)F)c1. The first-order valence-corrected chi connectivity index (χ1v) is 6.63. The zero-order valence-electron chi connectivity index (χ0n) is 11.9. The number of hydrogen-bond donors (Lipinski definition) is 2. The van der Waals surface area contributed by atoms with Gasteiger partial charge in [-0.15, -0.1) is 0 Å². The van der Waals surface area contributed by atoms with Crippen molar-refractivity contribution in [3.63, 3.8) is 0 Å². The van der Waals surface area contributed by atoms with Gasteiger partial charge in [-0.05, 0) is 36.2 Å². The molecule has 2 aromatic carbocycles. The first kappa shape index (κ1) is 15.9. The largest absolute Gasteiger partial charge is 0.416 e. The molecule has 2 aromatic rings. The van der Waals surface area contributed by atoms with Gasteiger partial charge < -0.3 is 10.6 Å². The highest BCUT2D eigenvalue weighted by molar-refractivity contribution is 5.89. The Morgan fingerprint density at radius 2 is 1.82 bits per heavy atom. The van der Waals surface area contributed by atoms with Crippen molar-refractivity contribution in [2.75, 3.05) is 5.32 Å². The van der Waals surface area contributed by atoms with Gasteiger partial charge in [0.2, 0.25) is 0 Å². The van der Waals surface area contributed by atoms with Gasteiger partial charge in [0.15, 0.2) is 0 Å². The van der Waals surface area contributed by atoms with Crippen LogP contribution in [-0.4, -0.2) is 6.03 Å². The Hall–Kier alpha value is -2.50. The normalized spacial score (nSPS) is 11.1. The van der Waals surface area contributed by atoms with Crippen LogP contribution in [-0.2, 0) is 12.7 Å². The van der Waals surface area contributed by atoms with Crippen LogP contribution in [0.5, 0.6) is 0 Å². The van der Waals surface area contributed by atoms with Crippen LogP contribution in [0.4, 0.5) is 23.7 Å². The van der Waals surface area contributed by atoms with E-state index in [1.165, 1.54) is 12.1 Å². The number of alkyl halides is 3. The zero-order valence-corrected chi connectivity index (χ0v) is 11.9. The van der Waals surface area contributed by atoms with Crippen LogP contribution < -0.4 is 10.6 Å². The lowest BCUT2D eigenvalue weighted by atomic mass is 10.1. The number of amides is 2. The first-order chi connectivity index (χ1) is 10.4. The molecular formula is C16H15F3N2O. The summed E-state index contributed by atoms with van der Waals surface area (Å²) in [6.07, 6.45) is -4.44. The van der Waals surface area contributed by atoms with Crippen molar-refractivity contribution in [1.82, 2.24) is 5.32 Å². The molecule has 3 nitrogen and oxygen atoms in total. The molecule has 6 heteroatoms. The van der Waals surface area contributed by atoms with Crippen LogP contribution >= 0.6 is 0 Å². The fraction of sp³-hybridized carbons (Fsp3) is 0.188. The average molecular weight is 308 g/mol. The van der Waals surface area contributed by atoms with E-state index in [0.29, 0.717) is 6.54 Å². The maximum Gasteiger partial charge on any atom is 0.416 e. The monoisotopic (exact) mass is 308 g/mol. The molecule has 0 spiro atoms. The number of nitrogens with one attached hydrogen (secondary N) is 2. The quantitative estimate of drug-likeness (QED) is 0.870. The van der Waals surface area contributed by atoms with Gasteiger partial charge >= 0.3 is 12.2 Å². The topological polar surface area (TPSA) is 41.1 Å². The standard InChI is InChI=1S/C16H15F3N2O/c1-11-5-2-3-6-12(11)10-20-15(22)21-14-8-4-7-13(9-14)16(17,18)19/h2-9H,10H2,1H3,(H2,20,21,22). The van der Waals surface area contributed by atoms with Crippen LogP contribution in [0.1, 0.15) is 16.7 Å². The smallest absolute Gasteiger partial charge is 0.334 e. The predicted octanol–water partition coefficient (Wildman–Crippen LogP) is 4.34. The van der Waals surface area contributed by atoms with Gasteiger partial charge in [0, 0.05) is 12.2 Å². The van der Waals surface area contributed by atoms with Crippen LogP contribution in [0, 0.1) is 6.92 Å². The lowest BCUT2D eigenvalue weighted by molar-refractivity contribution is -0.137. The maximum absolute atomic E-state index is 12.6. The summed E-state index contributed by atoms with van der Waals surface area (Å²) in [4.78, 5) is 11.8. The second-order valence-corrected chi connectivity index (χ2v) is 4.81. The minimum Gasteiger partial charge on any atom is -0.334 e. The molecule has 0 aromatic heterocycles. The van der Waals surface area contributed by atoms with Crippen molar-refractivity contribution in [2.45, 2.75) is 19.6 Å². The summed E-state index contributed by atoms with van der Waals surface area (Å²) in [5.74, 6) is 0. The Labute approximate surface area is 126 Å². The molecule has 0 bridgehead atoms. The Bertz CT molecular complexity index is 668. The molecule has 0 fully saturated rings. The van der Waals surface area contributed by atoms with Crippen molar-refractivity contribution in [2.24, 2.45) is 0 Å². The maximum atomic E-state index is 12.6. The van der Waals surface area contributed by atoms with Crippen LogP contribution in [0.25, 0.3) is 0 Å². The van der Waals surface area contributed by atoms with Gasteiger partial charge in [-0.1, -0.05) is 30.3 Å². The molecule has 0 atom stereocenters. The Morgan fingerprint density at radius 1 is 1.09 bits per heavy atom. The molecular weight excluding hydrogens is 293 g/mol. The zero-order chi connectivity index (χ0) is 16.2. The highest BCUT2D eigenvalue weighted by atomic mass is 19.4. The molecule has 0 radical (unpaired) electrons. The van der Waals surface area contributed by atoms with Gasteiger partial charge in [0.25, 0.3) is 0 Å². The Kier molecular flexibility index (Phi) is 4.70. The van der Waals surface area contributed by atoms with E-state index in [1.807, 2.05) is 31.2 Å². The molecule has 0 saturated carbocycles. The first-order valence-electron chi connectivity index (χ1n) is 6.63. The molecule has 0 saturated heterocycles. The van der Waals surface area contributed by atoms with Crippen LogP contribution in [0.2, 0.25) is 0 Å². The number of hydrogen-bond acceptors (Lipinski definition) is 1. The number of carbonyl (C=O) groups excluding carboxylic acids is 1. The second-order valence-electron chi connectivity index (χ2n) is 4.81.